The maximum atomic E-state index is 14.2. The molecule has 0 saturated heterocycles. The van der Waals surface area contributed by atoms with Crippen LogP contribution < -0.4 is 15.0 Å². The topological polar surface area (TPSA) is 53.4 Å². The fourth-order valence-electron chi connectivity index (χ4n) is 4.28. The van der Waals surface area contributed by atoms with Crippen LogP contribution in [0.5, 0.6) is 11.8 Å². The van der Waals surface area contributed by atoms with E-state index in [1.165, 1.54) is 29.0 Å². The minimum Gasteiger partial charge on any atom is -0.490 e. The molecule has 29 heavy (non-hydrogen) atoms. The number of aryl methyl sites for hydroxylation is 1. The Hall–Kier alpha value is -2.44. The number of alkyl halides is 2. The number of benzene rings is 1. The molecule has 1 aromatic heterocycles. The first-order chi connectivity index (χ1) is 13.7. The monoisotopic (exact) mass is 404 g/mol. The Labute approximate surface area is 168 Å². The van der Waals surface area contributed by atoms with Crippen LogP contribution in [0.15, 0.2) is 29.1 Å². The number of hydrogen-bond acceptors (Lipinski definition) is 4. The van der Waals surface area contributed by atoms with Crippen molar-refractivity contribution < 1.29 is 18.3 Å². The van der Waals surface area contributed by atoms with Crippen LogP contribution in [0.25, 0.3) is 0 Å². The smallest absolute Gasteiger partial charge is 0.300 e. The summed E-state index contributed by atoms with van der Waals surface area (Å²) >= 11 is 0. The second-order valence-electron chi connectivity index (χ2n) is 8.54. The van der Waals surface area contributed by atoms with Gasteiger partial charge >= 0.3 is 6.01 Å². The van der Waals surface area contributed by atoms with Gasteiger partial charge in [0.2, 0.25) is 0 Å². The minimum absolute atomic E-state index is 0.0681. The normalized spacial score (nSPS) is 20.0. The molecule has 4 rings (SSSR count). The van der Waals surface area contributed by atoms with Gasteiger partial charge in [-0.15, -0.1) is 0 Å². The standard InChI is InChI=1S/C22H26F2N2O3/c1-4-22(23,24)18-11-19(27)25-20-26(18)12-16(29-20)13-28-15-7-8-17-14(10-15)6-5-9-21(17,2)3/h7-8,10-11,16H,4-6,9,12-13H2,1-3H3/t16-/m0/s1. The molecular weight excluding hydrogens is 378 g/mol. The van der Waals surface area contributed by atoms with Gasteiger partial charge in [-0.1, -0.05) is 26.8 Å². The third-order valence-electron chi connectivity index (χ3n) is 5.95. The zero-order valence-electron chi connectivity index (χ0n) is 17.0. The molecule has 0 saturated carbocycles. The van der Waals surface area contributed by atoms with Gasteiger partial charge in [0.1, 0.15) is 12.4 Å². The first-order valence-corrected chi connectivity index (χ1v) is 10.1. The molecule has 0 spiro atoms. The SMILES string of the molecule is CCC(F)(F)c1cc(=O)nc2n1C[C@@H](COc1ccc3c(c1)CCCC3(C)C)O2. The lowest BCUT2D eigenvalue weighted by molar-refractivity contribution is -0.0169. The molecule has 2 heterocycles. The van der Waals surface area contributed by atoms with E-state index in [-0.39, 0.29) is 30.3 Å². The van der Waals surface area contributed by atoms with E-state index in [0.29, 0.717) is 0 Å². The molecule has 0 unspecified atom stereocenters. The van der Waals surface area contributed by atoms with Gasteiger partial charge in [-0.05, 0) is 47.9 Å². The first kappa shape index (κ1) is 19.9. The Morgan fingerprint density at radius 2 is 2.14 bits per heavy atom. The molecule has 2 aliphatic rings. The zero-order chi connectivity index (χ0) is 20.8. The van der Waals surface area contributed by atoms with Crippen LogP contribution in [0, 0.1) is 0 Å². The summed E-state index contributed by atoms with van der Waals surface area (Å²) in [5, 5.41) is 0. The van der Waals surface area contributed by atoms with E-state index in [9.17, 15) is 13.6 Å². The van der Waals surface area contributed by atoms with Gasteiger partial charge in [-0.3, -0.25) is 9.36 Å². The fourth-order valence-corrected chi connectivity index (χ4v) is 4.28. The van der Waals surface area contributed by atoms with Crippen LogP contribution >= 0.6 is 0 Å². The van der Waals surface area contributed by atoms with Crippen LogP contribution in [-0.2, 0) is 24.3 Å². The van der Waals surface area contributed by atoms with Crippen molar-refractivity contribution in [2.75, 3.05) is 6.61 Å². The quantitative estimate of drug-likeness (QED) is 0.750. The first-order valence-electron chi connectivity index (χ1n) is 10.1. The van der Waals surface area contributed by atoms with Crippen molar-refractivity contribution >= 4 is 0 Å². The number of halogens is 2. The minimum atomic E-state index is -3.11. The van der Waals surface area contributed by atoms with Gasteiger partial charge in [0.15, 0.2) is 6.10 Å². The largest absolute Gasteiger partial charge is 0.490 e. The maximum absolute atomic E-state index is 14.2. The number of aromatic nitrogens is 2. The molecule has 1 aromatic carbocycles. The second kappa shape index (κ2) is 7.11. The van der Waals surface area contributed by atoms with Crippen LogP contribution in [0.1, 0.15) is 56.9 Å². The van der Waals surface area contributed by atoms with Crippen molar-refractivity contribution in [1.82, 2.24) is 9.55 Å². The van der Waals surface area contributed by atoms with Gasteiger partial charge in [0, 0.05) is 12.5 Å². The Morgan fingerprint density at radius 1 is 1.34 bits per heavy atom. The summed E-state index contributed by atoms with van der Waals surface area (Å²) in [6.45, 7) is 6.26. The van der Waals surface area contributed by atoms with E-state index in [4.69, 9.17) is 9.47 Å². The lowest BCUT2D eigenvalue weighted by Gasteiger charge is -2.32. The van der Waals surface area contributed by atoms with E-state index in [1.54, 1.807) is 0 Å². The summed E-state index contributed by atoms with van der Waals surface area (Å²) in [6, 6.07) is 6.96. The molecule has 5 nitrogen and oxygen atoms in total. The average Bonchev–Trinajstić information content (AvgIpc) is 3.07. The average molecular weight is 404 g/mol. The van der Waals surface area contributed by atoms with Crippen molar-refractivity contribution in [3.8, 4) is 11.8 Å². The zero-order valence-corrected chi connectivity index (χ0v) is 17.0. The fraction of sp³-hybridized carbons (Fsp3) is 0.545. The Balaban J connectivity index is 1.48. The number of rotatable bonds is 5. The number of fused-ring (bicyclic) bond motifs is 2. The molecule has 0 amide bonds. The molecule has 0 N–H and O–H groups in total. The van der Waals surface area contributed by atoms with Crippen molar-refractivity contribution in [2.24, 2.45) is 0 Å². The van der Waals surface area contributed by atoms with E-state index in [2.05, 4.69) is 31.0 Å². The molecule has 7 heteroatoms. The van der Waals surface area contributed by atoms with E-state index < -0.39 is 24.0 Å². The van der Waals surface area contributed by atoms with Gasteiger partial charge < -0.3 is 9.47 Å². The molecule has 1 aliphatic carbocycles. The summed E-state index contributed by atoms with van der Waals surface area (Å²) in [5.74, 6) is -2.37. The Kier molecular flexibility index (Phi) is 4.87. The highest BCUT2D eigenvalue weighted by Gasteiger charge is 2.37. The Bertz CT molecular complexity index is 985. The summed E-state index contributed by atoms with van der Waals surface area (Å²) in [6.07, 6.45) is 2.47. The third-order valence-corrected chi connectivity index (χ3v) is 5.95. The lowest BCUT2D eigenvalue weighted by Crippen LogP contribution is -2.26. The molecule has 0 radical (unpaired) electrons. The molecule has 0 bridgehead atoms. The molecular formula is C22H26F2N2O3. The van der Waals surface area contributed by atoms with E-state index in [0.717, 1.165) is 24.7 Å². The predicted molar refractivity (Wildman–Crippen MR) is 105 cm³/mol. The molecule has 1 atom stereocenters. The molecule has 156 valence electrons. The van der Waals surface area contributed by atoms with Crippen molar-refractivity contribution in [3.05, 3.63) is 51.4 Å². The highest BCUT2D eigenvalue weighted by atomic mass is 19.3. The highest BCUT2D eigenvalue weighted by molar-refractivity contribution is 5.41. The maximum Gasteiger partial charge on any atom is 0.300 e. The van der Waals surface area contributed by atoms with Crippen molar-refractivity contribution in [2.45, 2.75) is 70.4 Å². The molecule has 1 aliphatic heterocycles. The number of nitrogens with zero attached hydrogens (tertiary/aromatic N) is 2. The van der Waals surface area contributed by atoms with Crippen molar-refractivity contribution in [1.29, 1.82) is 0 Å². The Morgan fingerprint density at radius 3 is 2.90 bits per heavy atom. The summed E-state index contributed by atoms with van der Waals surface area (Å²) in [4.78, 5) is 15.5. The van der Waals surface area contributed by atoms with Gasteiger partial charge in [0.25, 0.3) is 11.5 Å². The molecule has 2 aromatic rings. The highest BCUT2D eigenvalue weighted by Crippen LogP contribution is 2.38. The third kappa shape index (κ3) is 3.74. The summed E-state index contributed by atoms with van der Waals surface area (Å²) in [7, 11) is 0. The van der Waals surface area contributed by atoms with Crippen LogP contribution in [0.4, 0.5) is 8.78 Å². The van der Waals surface area contributed by atoms with E-state index in [1.807, 2.05) is 6.07 Å². The van der Waals surface area contributed by atoms with Gasteiger partial charge in [-0.2, -0.15) is 13.8 Å². The van der Waals surface area contributed by atoms with Gasteiger partial charge in [0.05, 0.1) is 12.2 Å². The lowest BCUT2D eigenvalue weighted by atomic mass is 9.73. The van der Waals surface area contributed by atoms with Crippen LogP contribution in [-0.4, -0.2) is 22.3 Å². The number of hydrogen-bond donors (Lipinski definition) is 0. The molecule has 0 fully saturated rings. The van der Waals surface area contributed by atoms with Crippen LogP contribution in [0.2, 0.25) is 0 Å². The van der Waals surface area contributed by atoms with Crippen molar-refractivity contribution in [3.63, 3.8) is 0 Å². The summed E-state index contributed by atoms with van der Waals surface area (Å²) in [5.41, 5.74) is 1.74. The van der Waals surface area contributed by atoms with E-state index >= 15 is 0 Å². The predicted octanol–water partition coefficient (Wildman–Crippen LogP) is 4.20. The second-order valence-corrected chi connectivity index (χ2v) is 8.54. The van der Waals surface area contributed by atoms with Crippen LogP contribution in [0.3, 0.4) is 0 Å². The number of ether oxygens (including phenoxy) is 2. The summed E-state index contributed by atoms with van der Waals surface area (Å²) < 4.78 is 41.3. The van der Waals surface area contributed by atoms with Gasteiger partial charge in [-0.25, -0.2) is 0 Å².